The van der Waals surface area contributed by atoms with E-state index in [4.69, 9.17) is 0 Å². The number of nitrogens with zero attached hydrogens (tertiary/aromatic N) is 1. The van der Waals surface area contributed by atoms with Crippen molar-refractivity contribution in [1.29, 1.82) is 0 Å². The van der Waals surface area contributed by atoms with Gasteiger partial charge in [-0.3, -0.25) is 4.90 Å². The molecule has 1 heterocycles. The summed E-state index contributed by atoms with van der Waals surface area (Å²) in [6, 6.07) is 10.5. The molecule has 0 aliphatic carbocycles. The first kappa shape index (κ1) is 17.2. The van der Waals surface area contributed by atoms with Crippen LogP contribution in [-0.4, -0.2) is 38.1 Å². The number of piperidine rings is 1. The van der Waals surface area contributed by atoms with Gasteiger partial charge in [0.15, 0.2) is 0 Å². The van der Waals surface area contributed by atoms with Crippen molar-refractivity contribution in [3.63, 3.8) is 0 Å². The zero-order valence-electron chi connectivity index (χ0n) is 12.4. The molecular formula is C17H27ClN2. The third-order valence-electron chi connectivity index (χ3n) is 3.98. The van der Waals surface area contributed by atoms with Gasteiger partial charge in [-0.2, -0.15) is 0 Å². The summed E-state index contributed by atoms with van der Waals surface area (Å²) in [6.07, 6.45) is 8.59. The second-order valence-electron chi connectivity index (χ2n) is 5.45. The fourth-order valence-electron chi connectivity index (χ4n) is 2.71. The van der Waals surface area contributed by atoms with E-state index in [2.05, 4.69) is 52.7 Å². The van der Waals surface area contributed by atoms with Gasteiger partial charge in [0.05, 0.1) is 0 Å². The maximum atomic E-state index is 3.25. The molecule has 1 aromatic carbocycles. The molecule has 2 nitrogen and oxygen atoms in total. The van der Waals surface area contributed by atoms with E-state index in [0.29, 0.717) is 0 Å². The summed E-state index contributed by atoms with van der Waals surface area (Å²) < 4.78 is 0. The molecule has 1 aliphatic rings. The standard InChI is InChI=1S/C17H26N2.ClH/c1-18-12-9-17-10-14-19(15-11-17)13-5-8-16-6-3-2-4-7-16;/h2-8,17-18H,9-15H2,1H3;1H/b8-5+;. The zero-order valence-corrected chi connectivity index (χ0v) is 13.2. The number of hydrogen-bond donors (Lipinski definition) is 1. The van der Waals surface area contributed by atoms with Crippen LogP contribution in [0.1, 0.15) is 24.8 Å². The first-order chi connectivity index (χ1) is 9.38. The van der Waals surface area contributed by atoms with Crippen molar-refractivity contribution in [2.24, 2.45) is 5.92 Å². The van der Waals surface area contributed by atoms with Crippen molar-refractivity contribution < 1.29 is 0 Å². The van der Waals surface area contributed by atoms with Gasteiger partial charge in [0.25, 0.3) is 0 Å². The Hall–Kier alpha value is -0.830. The van der Waals surface area contributed by atoms with Crippen LogP contribution in [0.25, 0.3) is 6.08 Å². The summed E-state index contributed by atoms with van der Waals surface area (Å²) >= 11 is 0. The SMILES string of the molecule is CNCCC1CCN(C/C=C/c2ccccc2)CC1.Cl. The summed E-state index contributed by atoms with van der Waals surface area (Å²) in [5.74, 6) is 0.932. The summed E-state index contributed by atoms with van der Waals surface area (Å²) in [5.41, 5.74) is 1.30. The van der Waals surface area contributed by atoms with Gasteiger partial charge in [0, 0.05) is 6.54 Å². The van der Waals surface area contributed by atoms with E-state index in [1.54, 1.807) is 0 Å². The molecule has 0 amide bonds. The van der Waals surface area contributed by atoms with Gasteiger partial charge in [-0.25, -0.2) is 0 Å². The lowest BCUT2D eigenvalue weighted by Gasteiger charge is -2.31. The highest BCUT2D eigenvalue weighted by Gasteiger charge is 2.17. The molecule has 0 unspecified atom stereocenters. The molecule has 0 aromatic heterocycles. The van der Waals surface area contributed by atoms with Gasteiger partial charge >= 0.3 is 0 Å². The van der Waals surface area contributed by atoms with Crippen LogP contribution in [0.2, 0.25) is 0 Å². The minimum atomic E-state index is 0. The quantitative estimate of drug-likeness (QED) is 0.864. The lowest BCUT2D eigenvalue weighted by Crippen LogP contribution is -2.34. The van der Waals surface area contributed by atoms with E-state index in [-0.39, 0.29) is 12.4 Å². The fourth-order valence-corrected chi connectivity index (χ4v) is 2.71. The van der Waals surface area contributed by atoms with E-state index in [0.717, 1.165) is 12.5 Å². The Morgan fingerprint density at radius 1 is 1.20 bits per heavy atom. The minimum Gasteiger partial charge on any atom is -0.320 e. The lowest BCUT2D eigenvalue weighted by atomic mass is 9.93. The molecule has 1 N–H and O–H groups in total. The van der Waals surface area contributed by atoms with Crippen LogP contribution in [0, 0.1) is 5.92 Å². The van der Waals surface area contributed by atoms with Crippen LogP contribution in [-0.2, 0) is 0 Å². The van der Waals surface area contributed by atoms with E-state index < -0.39 is 0 Å². The van der Waals surface area contributed by atoms with Crippen molar-refractivity contribution >= 4 is 18.5 Å². The van der Waals surface area contributed by atoms with Crippen LogP contribution in [0.3, 0.4) is 0 Å². The Bertz CT molecular complexity index is 370. The van der Waals surface area contributed by atoms with Crippen molar-refractivity contribution in [1.82, 2.24) is 10.2 Å². The van der Waals surface area contributed by atoms with Gasteiger partial charge in [0.1, 0.15) is 0 Å². The number of rotatable bonds is 6. The Morgan fingerprint density at radius 3 is 2.55 bits per heavy atom. The molecule has 1 saturated heterocycles. The average Bonchev–Trinajstić information content (AvgIpc) is 2.47. The number of halogens is 1. The summed E-state index contributed by atoms with van der Waals surface area (Å²) in [4.78, 5) is 2.56. The van der Waals surface area contributed by atoms with E-state index in [1.807, 2.05) is 7.05 Å². The van der Waals surface area contributed by atoms with Gasteiger partial charge in [0.2, 0.25) is 0 Å². The lowest BCUT2D eigenvalue weighted by molar-refractivity contribution is 0.195. The highest BCUT2D eigenvalue weighted by molar-refractivity contribution is 5.85. The third kappa shape index (κ3) is 6.08. The van der Waals surface area contributed by atoms with Crippen molar-refractivity contribution in [2.45, 2.75) is 19.3 Å². The van der Waals surface area contributed by atoms with Crippen LogP contribution in [0.5, 0.6) is 0 Å². The maximum Gasteiger partial charge on any atom is 0.0166 e. The summed E-state index contributed by atoms with van der Waals surface area (Å²) in [7, 11) is 2.05. The molecule has 1 fully saturated rings. The van der Waals surface area contributed by atoms with Crippen molar-refractivity contribution in [2.75, 3.05) is 33.2 Å². The van der Waals surface area contributed by atoms with Crippen LogP contribution in [0.4, 0.5) is 0 Å². The number of nitrogens with one attached hydrogen (secondary N) is 1. The maximum absolute atomic E-state index is 3.25. The molecule has 20 heavy (non-hydrogen) atoms. The topological polar surface area (TPSA) is 15.3 Å². The van der Waals surface area contributed by atoms with E-state index >= 15 is 0 Å². The monoisotopic (exact) mass is 294 g/mol. The molecule has 0 bridgehead atoms. The molecule has 1 aromatic rings. The molecule has 0 atom stereocenters. The first-order valence-corrected chi connectivity index (χ1v) is 7.47. The van der Waals surface area contributed by atoms with Gasteiger partial charge in [-0.15, -0.1) is 12.4 Å². The Balaban J connectivity index is 0.00000200. The number of hydrogen-bond acceptors (Lipinski definition) is 2. The minimum absolute atomic E-state index is 0. The van der Waals surface area contributed by atoms with Crippen LogP contribution in [0.15, 0.2) is 36.4 Å². The van der Waals surface area contributed by atoms with Gasteiger partial charge in [-0.1, -0.05) is 42.5 Å². The molecule has 1 aliphatic heterocycles. The molecular weight excluding hydrogens is 268 g/mol. The predicted octanol–water partition coefficient (Wildman–Crippen LogP) is 3.44. The van der Waals surface area contributed by atoms with E-state index in [9.17, 15) is 0 Å². The Morgan fingerprint density at radius 2 is 1.90 bits per heavy atom. The van der Waals surface area contributed by atoms with Crippen LogP contribution < -0.4 is 5.32 Å². The van der Waals surface area contributed by atoms with Gasteiger partial charge in [-0.05, 0) is 57.4 Å². The second kappa shape index (κ2) is 9.98. The molecule has 3 heteroatoms. The Kier molecular flexibility index (Phi) is 8.59. The fraction of sp³-hybridized carbons (Fsp3) is 0.529. The molecule has 112 valence electrons. The Labute approximate surface area is 129 Å². The molecule has 0 radical (unpaired) electrons. The largest absolute Gasteiger partial charge is 0.320 e. The normalized spacial score (nSPS) is 17.2. The predicted molar refractivity (Wildman–Crippen MR) is 90.4 cm³/mol. The smallest absolute Gasteiger partial charge is 0.0166 e. The van der Waals surface area contributed by atoms with Crippen LogP contribution >= 0.6 is 12.4 Å². The summed E-state index contributed by atoms with van der Waals surface area (Å²) in [5, 5.41) is 3.25. The summed E-state index contributed by atoms with van der Waals surface area (Å²) in [6.45, 7) is 4.77. The zero-order chi connectivity index (χ0) is 13.3. The molecule has 0 saturated carbocycles. The second-order valence-corrected chi connectivity index (χ2v) is 5.45. The first-order valence-electron chi connectivity index (χ1n) is 7.47. The third-order valence-corrected chi connectivity index (χ3v) is 3.98. The highest BCUT2D eigenvalue weighted by atomic mass is 35.5. The molecule has 0 spiro atoms. The number of likely N-dealkylation sites (tertiary alicyclic amines) is 1. The molecule has 2 rings (SSSR count). The van der Waals surface area contributed by atoms with Crippen molar-refractivity contribution in [3.8, 4) is 0 Å². The highest BCUT2D eigenvalue weighted by Crippen LogP contribution is 2.19. The van der Waals surface area contributed by atoms with Gasteiger partial charge < -0.3 is 5.32 Å². The number of benzene rings is 1. The van der Waals surface area contributed by atoms with E-state index in [1.165, 1.54) is 44.5 Å². The van der Waals surface area contributed by atoms with Crippen molar-refractivity contribution in [3.05, 3.63) is 42.0 Å². The average molecular weight is 295 g/mol.